The fraction of sp³-hybridized carbons (Fsp3) is 0.200. The van der Waals surface area contributed by atoms with E-state index in [1.54, 1.807) is 6.92 Å². The Morgan fingerprint density at radius 1 is 1.13 bits per heavy atom. The minimum absolute atomic E-state index is 0.113. The van der Waals surface area contributed by atoms with E-state index in [0.717, 1.165) is 0 Å². The molecule has 0 saturated carbocycles. The number of nitrogens with one attached hydrogen (secondary N) is 2. The van der Waals surface area contributed by atoms with Crippen LogP contribution >= 0.6 is 0 Å². The number of esters is 2. The minimum atomic E-state index is -0.643. The average molecular weight is 317 g/mol. The zero-order valence-electron chi connectivity index (χ0n) is 12.8. The molecule has 2 aromatic rings. The Balaban J connectivity index is 2.41. The number of imidazole rings is 1. The molecule has 8 heteroatoms. The van der Waals surface area contributed by atoms with E-state index in [2.05, 4.69) is 24.8 Å². The summed E-state index contributed by atoms with van der Waals surface area (Å²) in [5.74, 6) is -1.75. The van der Waals surface area contributed by atoms with Gasteiger partial charge in [0, 0.05) is 5.69 Å². The monoisotopic (exact) mass is 317 g/mol. The number of H-pyrrole nitrogens is 1. The second-order valence-electron chi connectivity index (χ2n) is 4.57. The summed E-state index contributed by atoms with van der Waals surface area (Å²) in [6.45, 7) is 1.69. The summed E-state index contributed by atoms with van der Waals surface area (Å²) in [6.07, 6.45) is 1.39. The zero-order chi connectivity index (χ0) is 17.0. The van der Waals surface area contributed by atoms with Gasteiger partial charge in [-0.2, -0.15) is 0 Å². The number of nitrogens with zero attached hydrogens (tertiary/aromatic N) is 1. The summed E-state index contributed by atoms with van der Waals surface area (Å²) in [7, 11) is 2.46. The van der Waals surface area contributed by atoms with Crippen LogP contribution in [0.15, 0.2) is 24.5 Å². The van der Waals surface area contributed by atoms with Crippen LogP contribution in [0.25, 0.3) is 0 Å². The van der Waals surface area contributed by atoms with Gasteiger partial charge in [-0.25, -0.2) is 14.6 Å². The summed E-state index contributed by atoms with van der Waals surface area (Å²) in [5, 5.41) is 2.56. The van der Waals surface area contributed by atoms with Crippen molar-refractivity contribution in [3.63, 3.8) is 0 Å². The third-order valence-corrected chi connectivity index (χ3v) is 3.14. The Bertz CT molecular complexity index is 766. The Morgan fingerprint density at radius 3 is 2.39 bits per heavy atom. The number of rotatable bonds is 4. The number of aromatic nitrogens is 2. The van der Waals surface area contributed by atoms with Gasteiger partial charge in [0.15, 0.2) is 0 Å². The lowest BCUT2D eigenvalue weighted by atomic mass is 10.1. The van der Waals surface area contributed by atoms with Gasteiger partial charge in [0.25, 0.3) is 5.91 Å². The third kappa shape index (κ3) is 3.37. The second kappa shape index (κ2) is 6.73. The highest BCUT2D eigenvalue weighted by atomic mass is 16.5. The molecule has 0 saturated heterocycles. The molecule has 0 bridgehead atoms. The fourth-order valence-corrected chi connectivity index (χ4v) is 1.95. The molecule has 2 N–H and O–H groups in total. The highest BCUT2D eigenvalue weighted by molar-refractivity contribution is 6.08. The van der Waals surface area contributed by atoms with Crippen LogP contribution in [0.1, 0.15) is 36.9 Å². The molecule has 120 valence electrons. The van der Waals surface area contributed by atoms with Crippen molar-refractivity contribution >= 4 is 23.5 Å². The average Bonchev–Trinajstić information content (AvgIpc) is 2.99. The molecule has 23 heavy (non-hydrogen) atoms. The van der Waals surface area contributed by atoms with E-state index >= 15 is 0 Å². The molecule has 1 aromatic carbocycles. The van der Waals surface area contributed by atoms with Crippen LogP contribution in [0.3, 0.4) is 0 Å². The first-order valence-electron chi connectivity index (χ1n) is 6.60. The molecule has 1 heterocycles. The maximum atomic E-state index is 12.2. The van der Waals surface area contributed by atoms with Gasteiger partial charge in [0.05, 0.1) is 37.4 Å². The van der Waals surface area contributed by atoms with Crippen molar-refractivity contribution < 1.29 is 23.9 Å². The third-order valence-electron chi connectivity index (χ3n) is 3.14. The highest BCUT2D eigenvalue weighted by Crippen LogP contribution is 2.20. The number of benzene rings is 1. The smallest absolute Gasteiger partial charge is 0.339 e. The second-order valence-corrected chi connectivity index (χ2v) is 4.57. The van der Waals surface area contributed by atoms with E-state index in [4.69, 9.17) is 0 Å². The fourth-order valence-electron chi connectivity index (χ4n) is 1.95. The van der Waals surface area contributed by atoms with Gasteiger partial charge in [-0.1, -0.05) is 0 Å². The summed E-state index contributed by atoms with van der Waals surface area (Å²) < 4.78 is 9.30. The number of carbonyl (C=O) groups excluding carboxylic acids is 3. The van der Waals surface area contributed by atoms with E-state index in [0.29, 0.717) is 5.69 Å². The minimum Gasteiger partial charge on any atom is -0.465 e. The standard InChI is InChI=1S/C15H15N3O5/c1-8-12(17-7-16-8)13(19)18-11-6-9(14(20)22-2)4-5-10(11)15(21)23-3/h4-7H,1-3H3,(H,16,17)(H,18,19). The van der Waals surface area contributed by atoms with Crippen molar-refractivity contribution in [1.29, 1.82) is 0 Å². The number of hydrogen-bond donors (Lipinski definition) is 2. The lowest BCUT2D eigenvalue weighted by Crippen LogP contribution is -2.17. The Morgan fingerprint density at radius 2 is 1.83 bits per heavy atom. The normalized spacial score (nSPS) is 10.0. The molecule has 1 amide bonds. The van der Waals surface area contributed by atoms with Gasteiger partial charge < -0.3 is 19.8 Å². The van der Waals surface area contributed by atoms with Crippen molar-refractivity contribution in [1.82, 2.24) is 9.97 Å². The Labute approximate surface area is 131 Å². The van der Waals surface area contributed by atoms with Crippen molar-refractivity contribution in [2.45, 2.75) is 6.92 Å². The van der Waals surface area contributed by atoms with Crippen LogP contribution in [0.2, 0.25) is 0 Å². The first kappa shape index (κ1) is 16.2. The Hall–Kier alpha value is -3.16. The first-order chi connectivity index (χ1) is 11.0. The zero-order valence-corrected chi connectivity index (χ0v) is 12.8. The van der Waals surface area contributed by atoms with Crippen LogP contribution in [-0.4, -0.2) is 42.0 Å². The van der Waals surface area contributed by atoms with Crippen LogP contribution in [-0.2, 0) is 9.47 Å². The summed E-state index contributed by atoms with van der Waals surface area (Å²) >= 11 is 0. The topological polar surface area (TPSA) is 110 Å². The molecule has 8 nitrogen and oxygen atoms in total. The quantitative estimate of drug-likeness (QED) is 0.828. The molecule has 0 aliphatic rings. The number of hydrogen-bond acceptors (Lipinski definition) is 6. The molecule has 0 atom stereocenters. The molecule has 0 fully saturated rings. The van der Waals surface area contributed by atoms with Gasteiger partial charge in [0.2, 0.25) is 0 Å². The van der Waals surface area contributed by atoms with E-state index in [1.165, 1.54) is 38.7 Å². The van der Waals surface area contributed by atoms with E-state index in [-0.39, 0.29) is 22.5 Å². The maximum absolute atomic E-state index is 12.2. The molecule has 0 aliphatic heterocycles. The summed E-state index contributed by atoms with van der Waals surface area (Å²) in [4.78, 5) is 42.4. The number of carbonyl (C=O) groups is 3. The molecular weight excluding hydrogens is 302 g/mol. The van der Waals surface area contributed by atoms with Crippen LogP contribution in [0, 0.1) is 6.92 Å². The molecular formula is C15H15N3O5. The number of ether oxygens (including phenoxy) is 2. The maximum Gasteiger partial charge on any atom is 0.339 e. The highest BCUT2D eigenvalue weighted by Gasteiger charge is 2.19. The van der Waals surface area contributed by atoms with Gasteiger partial charge >= 0.3 is 11.9 Å². The van der Waals surface area contributed by atoms with Crippen LogP contribution in [0.5, 0.6) is 0 Å². The lowest BCUT2D eigenvalue weighted by molar-refractivity contribution is 0.0587. The number of amides is 1. The number of methoxy groups -OCH3 is 2. The number of aryl methyl sites for hydroxylation is 1. The van der Waals surface area contributed by atoms with Crippen molar-refractivity contribution in [2.75, 3.05) is 19.5 Å². The van der Waals surface area contributed by atoms with Gasteiger partial charge in [-0.05, 0) is 25.1 Å². The van der Waals surface area contributed by atoms with Crippen molar-refractivity contribution in [3.05, 3.63) is 47.0 Å². The molecule has 0 unspecified atom stereocenters. The van der Waals surface area contributed by atoms with Crippen LogP contribution < -0.4 is 5.32 Å². The predicted octanol–water partition coefficient (Wildman–Crippen LogP) is 1.54. The largest absolute Gasteiger partial charge is 0.465 e. The van der Waals surface area contributed by atoms with E-state index < -0.39 is 17.8 Å². The summed E-state index contributed by atoms with van der Waals surface area (Å²) in [5.41, 5.74) is 1.19. The first-order valence-corrected chi connectivity index (χ1v) is 6.60. The SMILES string of the molecule is COC(=O)c1ccc(C(=O)OC)c(NC(=O)c2nc[nH]c2C)c1. The van der Waals surface area contributed by atoms with E-state index in [1.807, 2.05) is 0 Å². The van der Waals surface area contributed by atoms with Gasteiger partial charge in [-0.3, -0.25) is 4.79 Å². The van der Waals surface area contributed by atoms with Gasteiger partial charge in [0.1, 0.15) is 5.69 Å². The summed E-state index contributed by atoms with van der Waals surface area (Å²) in [6, 6.07) is 4.14. The molecule has 1 aromatic heterocycles. The van der Waals surface area contributed by atoms with Crippen LogP contribution in [0.4, 0.5) is 5.69 Å². The van der Waals surface area contributed by atoms with Gasteiger partial charge in [-0.15, -0.1) is 0 Å². The predicted molar refractivity (Wildman–Crippen MR) is 80.4 cm³/mol. The lowest BCUT2D eigenvalue weighted by Gasteiger charge is -2.11. The number of anilines is 1. The Kier molecular flexibility index (Phi) is 4.75. The number of aromatic amines is 1. The molecule has 2 rings (SSSR count). The molecule has 0 radical (unpaired) electrons. The van der Waals surface area contributed by atoms with Crippen molar-refractivity contribution in [3.8, 4) is 0 Å². The van der Waals surface area contributed by atoms with E-state index in [9.17, 15) is 14.4 Å². The van der Waals surface area contributed by atoms with Crippen molar-refractivity contribution in [2.24, 2.45) is 0 Å². The molecule has 0 aliphatic carbocycles. The molecule has 0 spiro atoms.